The number of carbonyl (C=O) groups excluding carboxylic acids is 1. The largest absolute Gasteiger partial charge is 0.452 e. The maximum atomic E-state index is 11.3. The van der Waals surface area contributed by atoms with Gasteiger partial charge in [-0.15, -0.1) is 11.6 Å². The Balaban J connectivity index is 4.28. The first kappa shape index (κ1) is 14.5. The zero-order valence-electron chi connectivity index (χ0n) is 8.62. The summed E-state index contributed by atoms with van der Waals surface area (Å²) in [6, 6.07) is -0.287. The fraction of sp³-hybridized carbons (Fsp3) is 0.857. The average Bonchev–Trinajstić information content (AvgIpc) is 2.15. The van der Waals surface area contributed by atoms with Crippen molar-refractivity contribution in [2.24, 2.45) is 0 Å². The van der Waals surface area contributed by atoms with Gasteiger partial charge in [-0.05, 0) is 12.8 Å². The Hall–Kier alpha value is -0.530. The van der Waals surface area contributed by atoms with E-state index >= 15 is 0 Å². The number of carbonyl (C=O) groups is 1. The summed E-state index contributed by atoms with van der Waals surface area (Å²) in [6.07, 6.45) is 0.0674. The van der Waals surface area contributed by atoms with Crippen molar-refractivity contribution in [2.45, 2.75) is 25.8 Å². The number of amides is 1. The van der Waals surface area contributed by atoms with Crippen LogP contribution in [0.5, 0.6) is 0 Å². The monoisotopic (exact) mass is 258 g/mol. The van der Waals surface area contributed by atoms with Crippen LogP contribution >= 0.6 is 11.6 Å². The molecule has 0 rings (SSSR count). The number of methoxy groups -OCH3 is 1. The first-order valence-corrected chi connectivity index (χ1v) is 6.41. The van der Waals surface area contributed by atoms with Crippen LogP contribution in [-0.2, 0) is 14.9 Å². The molecule has 0 aromatic carbocycles. The highest BCUT2D eigenvalue weighted by molar-refractivity contribution is 7.88. The van der Waals surface area contributed by atoms with E-state index in [-0.39, 0.29) is 6.04 Å². The minimum absolute atomic E-state index is 0.287. The Kier molecular flexibility index (Phi) is 6.62. The molecular formula is C7H15ClN2O4S. The number of halogens is 1. The fourth-order valence-electron chi connectivity index (χ4n) is 0.878. The summed E-state index contributed by atoms with van der Waals surface area (Å²) in [5.74, 6) is 0.346. The molecule has 8 heteroatoms. The fourth-order valence-corrected chi connectivity index (χ4v) is 2.23. The quantitative estimate of drug-likeness (QED) is 0.683. The maximum Gasteiger partial charge on any atom is 0.421 e. The van der Waals surface area contributed by atoms with E-state index in [0.717, 1.165) is 7.11 Å². The normalized spacial score (nSPS) is 13.3. The van der Waals surface area contributed by atoms with Gasteiger partial charge in [0.2, 0.25) is 0 Å². The van der Waals surface area contributed by atoms with E-state index in [0.29, 0.717) is 18.7 Å². The van der Waals surface area contributed by atoms with Crippen LogP contribution in [0.4, 0.5) is 4.79 Å². The zero-order chi connectivity index (χ0) is 11.9. The number of rotatable bonds is 6. The van der Waals surface area contributed by atoms with Crippen molar-refractivity contribution >= 4 is 27.9 Å². The molecule has 15 heavy (non-hydrogen) atoms. The average molecular weight is 259 g/mol. The van der Waals surface area contributed by atoms with Gasteiger partial charge in [-0.25, -0.2) is 9.52 Å². The van der Waals surface area contributed by atoms with E-state index in [1.165, 1.54) is 0 Å². The first-order valence-electron chi connectivity index (χ1n) is 4.39. The summed E-state index contributed by atoms with van der Waals surface area (Å²) in [5, 5.41) is 0. The van der Waals surface area contributed by atoms with Gasteiger partial charge in [0.25, 0.3) is 0 Å². The topological polar surface area (TPSA) is 84.5 Å². The molecule has 0 saturated heterocycles. The van der Waals surface area contributed by atoms with Gasteiger partial charge in [-0.1, -0.05) is 6.92 Å². The second kappa shape index (κ2) is 6.86. The summed E-state index contributed by atoms with van der Waals surface area (Å²) in [5.41, 5.74) is 0. The molecule has 0 aromatic heterocycles. The molecular weight excluding hydrogens is 244 g/mol. The van der Waals surface area contributed by atoms with Crippen LogP contribution < -0.4 is 9.44 Å². The molecule has 0 bridgehead atoms. The number of hydrogen-bond donors (Lipinski definition) is 2. The van der Waals surface area contributed by atoms with E-state index in [1.54, 1.807) is 4.72 Å². The third kappa shape index (κ3) is 6.53. The van der Waals surface area contributed by atoms with Crippen LogP contribution in [0.3, 0.4) is 0 Å². The van der Waals surface area contributed by atoms with E-state index in [4.69, 9.17) is 11.6 Å². The van der Waals surface area contributed by atoms with Crippen molar-refractivity contribution in [1.29, 1.82) is 0 Å². The number of ether oxygens (including phenoxy) is 1. The zero-order valence-corrected chi connectivity index (χ0v) is 10.2. The Morgan fingerprint density at radius 3 is 2.53 bits per heavy atom. The Morgan fingerprint density at radius 1 is 1.53 bits per heavy atom. The van der Waals surface area contributed by atoms with Crippen LogP contribution in [0, 0.1) is 0 Å². The number of hydrogen-bond acceptors (Lipinski definition) is 4. The summed E-state index contributed by atoms with van der Waals surface area (Å²) in [6.45, 7) is 1.82. The second-order valence-electron chi connectivity index (χ2n) is 2.80. The lowest BCUT2D eigenvalue weighted by atomic mass is 10.2. The summed E-state index contributed by atoms with van der Waals surface area (Å²) < 4.78 is 30.7. The van der Waals surface area contributed by atoms with Gasteiger partial charge in [0.1, 0.15) is 0 Å². The summed E-state index contributed by atoms with van der Waals surface area (Å²) in [7, 11) is -2.78. The molecule has 0 aromatic rings. The number of alkyl halides is 1. The van der Waals surface area contributed by atoms with Crippen LogP contribution in [0.1, 0.15) is 19.8 Å². The molecule has 0 aliphatic carbocycles. The van der Waals surface area contributed by atoms with Crippen molar-refractivity contribution in [3.63, 3.8) is 0 Å². The lowest BCUT2D eigenvalue weighted by Gasteiger charge is -2.15. The van der Waals surface area contributed by atoms with Crippen LogP contribution in [0.15, 0.2) is 0 Å². The minimum Gasteiger partial charge on any atom is -0.452 e. The van der Waals surface area contributed by atoms with Gasteiger partial charge < -0.3 is 4.74 Å². The van der Waals surface area contributed by atoms with Crippen molar-refractivity contribution in [1.82, 2.24) is 9.44 Å². The lowest BCUT2D eigenvalue weighted by molar-refractivity contribution is 0.177. The molecule has 0 radical (unpaired) electrons. The van der Waals surface area contributed by atoms with Gasteiger partial charge in [0.15, 0.2) is 0 Å². The molecule has 1 unspecified atom stereocenters. The molecule has 1 amide bonds. The van der Waals surface area contributed by atoms with Gasteiger partial charge in [-0.2, -0.15) is 13.1 Å². The lowest BCUT2D eigenvalue weighted by Crippen LogP contribution is -2.45. The molecule has 90 valence electrons. The highest BCUT2D eigenvalue weighted by Gasteiger charge is 2.18. The molecule has 0 fully saturated rings. The van der Waals surface area contributed by atoms with Crippen molar-refractivity contribution < 1.29 is 17.9 Å². The molecule has 1 atom stereocenters. The number of nitrogens with one attached hydrogen (secondary N) is 2. The highest BCUT2D eigenvalue weighted by atomic mass is 35.5. The van der Waals surface area contributed by atoms with E-state index in [1.807, 2.05) is 6.92 Å². The molecule has 0 spiro atoms. The molecule has 0 aliphatic rings. The molecule has 0 heterocycles. The van der Waals surface area contributed by atoms with Gasteiger partial charge in [0, 0.05) is 11.9 Å². The van der Waals surface area contributed by atoms with Crippen LogP contribution in [-0.4, -0.2) is 33.5 Å². The summed E-state index contributed by atoms with van der Waals surface area (Å²) >= 11 is 5.49. The van der Waals surface area contributed by atoms with Crippen LogP contribution in [0.25, 0.3) is 0 Å². The third-order valence-electron chi connectivity index (χ3n) is 1.68. The maximum absolute atomic E-state index is 11.3. The standard InChI is InChI=1S/C7H15ClN2O4S/c1-3-6(4-5-8)9-15(12,13)10-7(11)14-2/h6,9H,3-5H2,1-2H3,(H,10,11). The van der Waals surface area contributed by atoms with E-state index in [2.05, 4.69) is 9.46 Å². The van der Waals surface area contributed by atoms with Crippen LogP contribution in [0.2, 0.25) is 0 Å². The second-order valence-corrected chi connectivity index (χ2v) is 4.62. The minimum atomic E-state index is -3.86. The molecule has 6 nitrogen and oxygen atoms in total. The summed E-state index contributed by atoms with van der Waals surface area (Å²) in [4.78, 5) is 10.7. The highest BCUT2D eigenvalue weighted by Crippen LogP contribution is 2.00. The van der Waals surface area contributed by atoms with Gasteiger partial charge in [0.05, 0.1) is 7.11 Å². The Bertz CT molecular complexity index is 293. The Labute approximate surface area is 94.5 Å². The Morgan fingerprint density at radius 2 is 2.13 bits per heavy atom. The van der Waals surface area contributed by atoms with Gasteiger partial charge in [-0.3, -0.25) is 0 Å². The molecule has 2 N–H and O–H groups in total. The van der Waals surface area contributed by atoms with Gasteiger partial charge >= 0.3 is 16.3 Å². The predicted molar refractivity (Wildman–Crippen MR) is 57.0 cm³/mol. The third-order valence-corrected chi connectivity index (χ3v) is 2.97. The SMILES string of the molecule is CCC(CCCl)NS(=O)(=O)NC(=O)OC. The van der Waals surface area contributed by atoms with Crippen molar-refractivity contribution in [2.75, 3.05) is 13.0 Å². The smallest absolute Gasteiger partial charge is 0.421 e. The first-order chi connectivity index (χ1) is 6.95. The molecule has 0 aliphatic heterocycles. The molecule has 0 saturated carbocycles. The van der Waals surface area contributed by atoms with E-state index in [9.17, 15) is 13.2 Å². The predicted octanol–water partition coefficient (Wildman–Crippen LogP) is 0.584. The van der Waals surface area contributed by atoms with Crippen molar-refractivity contribution in [3.05, 3.63) is 0 Å². The van der Waals surface area contributed by atoms with E-state index < -0.39 is 16.3 Å². The van der Waals surface area contributed by atoms with Crippen molar-refractivity contribution in [3.8, 4) is 0 Å².